The number of hydrogen-bond donors (Lipinski definition) is 2. The van der Waals surface area contributed by atoms with Gasteiger partial charge in [0, 0.05) is 24.3 Å². The topological polar surface area (TPSA) is 77.8 Å². The van der Waals surface area contributed by atoms with Gasteiger partial charge in [-0.25, -0.2) is 4.79 Å². The minimum absolute atomic E-state index is 0.136. The number of carbonyl (C=O) groups excluding carboxylic acids is 1. The van der Waals surface area contributed by atoms with Gasteiger partial charge in [-0.1, -0.05) is 19.1 Å². The summed E-state index contributed by atoms with van der Waals surface area (Å²) in [5.74, 6) is -0.147. The largest absolute Gasteiger partial charge is 0.477 e. The van der Waals surface area contributed by atoms with Crippen LogP contribution in [0.2, 0.25) is 0 Å². The molecule has 1 aromatic heterocycles. The molecule has 0 aromatic carbocycles. The van der Waals surface area contributed by atoms with E-state index in [1.165, 1.54) is 18.2 Å². The van der Waals surface area contributed by atoms with E-state index in [1.807, 2.05) is 6.92 Å². The van der Waals surface area contributed by atoms with Gasteiger partial charge in [0.25, 0.3) is 5.91 Å². The van der Waals surface area contributed by atoms with Gasteiger partial charge < -0.3 is 15.1 Å². The van der Waals surface area contributed by atoms with E-state index in [1.54, 1.807) is 13.0 Å². The van der Waals surface area contributed by atoms with Crippen molar-refractivity contribution in [1.29, 1.82) is 0 Å². The number of carbonyl (C=O) groups is 2. The number of nitrogens with zero attached hydrogens (tertiary/aromatic N) is 1. The number of amides is 1. The number of aryl methyl sites for hydroxylation is 1. The lowest BCUT2D eigenvalue weighted by atomic mass is 10.00. The molecule has 1 saturated heterocycles. The first-order valence-corrected chi connectivity index (χ1v) is 10.2. The van der Waals surface area contributed by atoms with E-state index < -0.39 is 36.4 Å². The maximum Gasteiger partial charge on any atom is 0.345 e. The third-order valence-corrected chi connectivity index (χ3v) is 5.98. The zero-order valence-electron chi connectivity index (χ0n) is 16.4. The van der Waals surface area contributed by atoms with E-state index in [0.717, 1.165) is 21.1 Å². The number of alkyl halides is 2. The highest BCUT2D eigenvalue weighted by atomic mass is 32.1. The Labute approximate surface area is 173 Å². The van der Waals surface area contributed by atoms with Crippen LogP contribution >= 0.6 is 11.3 Å². The summed E-state index contributed by atoms with van der Waals surface area (Å²) in [7, 11) is 0. The van der Waals surface area contributed by atoms with Crippen LogP contribution in [0, 0.1) is 17.8 Å². The van der Waals surface area contributed by atoms with Crippen molar-refractivity contribution in [1.82, 2.24) is 4.90 Å². The monoisotopic (exact) mass is 425 g/mol. The van der Waals surface area contributed by atoms with E-state index >= 15 is 0 Å². The van der Waals surface area contributed by atoms with Gasteiger partial charge in [0.05, 0.1) is 12.1 Å². The molecular weight excluding hydrogens is 400 g/mol. The smallest absolute Gasteiger partial charge is 0.345 e. The summed E-state index contributed by atoms with van der Waals surface area (Å²) in [6, 6.07) is 2.42. The normalized spacial score (nSPS) is 20.5. The molecule has 1 aliphatic heterocycles. The second-order valence-corrected chi connectivity index (χ2v) is 8.30. The van der Waals surface area contributed by atoms with Crippen molar-refractivity contribution < 1.29 is 28.6 Å². The van der Waals surface area contributed by atoms with Crippen LogP contribution in [0.3, 0.4) is 0 Å². The van der Waals surface area contributed by atoms with Crippen LogP contribution in [0.5, 0.6) is 0 Å². The number of hydrogen-bond acceptors (Lipinski definition) is 4. The zero-order valence-corrected chi connectivity index (χ0v) is 17.2. The fourth-order valence-electron chi connectivity index (χ4n) is 3.13. The Bertz CT molecular complexity index is 824. The number of carboxylic acids is 1. The molecule has 0 unspecified atom stereocenters. The molecule has 0 radical (unpaired) electrons. The molecule has 1 aromatic rings. The van der Waals surface area contributed by atoms with Gasteiger partial charge in [-0.05, 0) is 37.8 Å². The summed E-state index contributed by atoms with van der Waals surface area (Å²) in [6.45, 7) is 3.66. The summed E-state index contributed by atoms with van der Waals surface area (Å²) in [5, 5.41) is 19.1. The van der Waals surface area contributed by atoms with Crippen LogP contribution in [0.4, 0.5) is 8.78 Å². The number of aliphatic hydroxyl groups is 1. The van der Waals surface area contributed by atoms with Crippen LogP contribution < -0.4 is 0 Å². The van der Waals surface area contributed by atoms with Gasteiger partial charge in [0.2, 0.25) is 0 Å². The highest BCUT2D eigenvalue weighted by molar-refractivity contribution is 7.13. The molecule has 2 heterocycles. The highest BCUT2D eigenvalue weighted by Crippen LogP contribution is 2.34. The quantitative estimate of drug-likeness (QED) is 0.468. The Morgan fingerprint density at radius 1 is 1.48 bits per heavy atom. The van der Waals surface area contributed by atoms with Crippen molar-refractivity contribution >= 4 is 23.2 Å². The average Bonchev–Trinajstić information content (AvgIpc) is 3.22. The van der Waals surface area contributed by atoms with Crippen LogP contribution in [-0.4, -0.2) is 51.6 Å². The number of aliphatic hydroxyl groups excluding tert-OH is 1. The molecule has 0 saturated carbocycles. The maximum atomic E-state index is 14.0. The van der Waals surface area contributed by atoms with Gasteiger partial charge >= 0.3 is 11.9 Å². The van der Waals surface area contributed by atoms with Crippen molar-refractivity contribution in [2.24, 2.45) is 5.92 Å². The van der Waals surface area contributed by atoms with Crippen molar-refractivity contribution in [3.63, 3.8) is 0 Å². The number of likely N-dealkylation sites (tertiary alicyclic amines) is 1. The highest BCUT2D eigenvalue weighted by Gasteiger charge is 2.52. The molecule has 1 aliphatic rings. The summed E-state index contributed by atoms with van der Waals surface area (Å²) < 4.78 is 27.9. The Kier molecular flexibility index (Phi) is 7.94. The van der Waals surface area contributed by atoms with Crippen LogP contribution in [0.1, 0.15) is 47.7 Å². The number of thiophene rings is 1. The average molecular weight is 425 g/mol. The number of carboxylic acid groups (broad SMARTS) is 1. The molecule has 29 heavy (non-hydrogen) atoms. The second-order valence-electron chi connectivity index (χ2n) is 7.13. The third-order valence-electron chi connectivity index (χ3n) is 4.85. The second kappa shape index (κ2) is 9.99. The molecule has 158 valence electrons. The van der Waals surface area contributed by atoms with Crippen molar-refractivity contribution in [2.45, 2.75) is 57.6 Å². The van der Waals surface area contributed by atoms with Crippen LogP contribution in [0.25, 0.3) is 0 Å². The summed E-state index contributed by atoms with van der Waals surface area (Å²) >= 11 is 1.14. The number of aromatic carboxylic acids is 1. The summed E-state index contributed by atoms with van der Waals surface area (Å²) in [5.41, 5.74) is 0. The standard InChI is InChI=1S/C21H25F2NO4S/c1-3-4-6-14(2)17(25)10-8-15-13-21(22,23)20(28)24(15)12-5-7-16-9-11-18(29-16)19(26)27/h8-11,14-15,17,25H,5-7,12-13H2,1-2H3,(H,26,27)/t14-,15-,17-/m0/s1. The SMILES string of the molecule is CC#CC[C@H](C)[C@@H](O)C=C[C@H]1CC(F)(F)C(=O)N1CCCc1ccc(C(=O)O)s1. The van der Waals surface area contributed by atoms with E-state index in [4.69, 9.17) is 5.11 Å². The molecule has 2 rings (SSSR count). The van der Waals surface area contributed by atoms with Crippen LogP contribution in [0.15, 0.2) is 24.3 Å². The molecule has 3 atom stereocenters. The number of rotatable bonds is 9. The lowest BCUT2D eigenvalue weighted by Crippen LogP contribution is -2.36. The molecule has 1 fully saturated rings. The molecule has 8 heteroatoms. The van der Waals surface area contributed by atoms with Gasteiger partial charge in [0.1, 0.15) is 4.88 Å². The molecule has 0 aliphatic carbocycles. The first kappa shape index (κ1) is 23.0. The Morgan fingerprint density at radius 3 is 2.83 bits per heavy atom. The minimum Gasteiger partial charge on any atom is -0.477 e. The van der Waals surface area contributed by atoms with E-state index in [0.29, 0.717) is 19.3 Å². The minimum atomic E-state index is -3.42. The first-order chi connectivity index (χ1) is 13.7. The molecule has 0 spiro atoms. The number of halogens is 2. The fraction of sp³-hybridized carbons (Fsp3) is 0.524. The first-order valence-electron chi connectivity index (χ1n) is 9.42. The van der Waals surface area contributed by atoms with Crippen molar-refractivity contribution in [3.05, 3.63) is 34.0 Å². The predicted molar refractivity (Wildman–Crippen MR) is 107 cm³/mol. The van der Waals surface area contributed by atoms with Gasteiger partial charge in [0.15, 0.2) is 0 Å². The maximum absolute atomic E-state index is 14.0. The molecule has 2 N–H and O–H groups in total. The van der Waals surface area contributed by atoms with E-state index in [9.17, 15) is 23.5 Å². The molecule has 1 amide bonds. The summed E-state index contributed by atoms with van der Waals surface area (Å²) in [4.78, 5) is 25.2. The Hall–Kier alpha value is -2.24. The van der Waals surface area contributed by atoms with Gasteiger partial charge in [-0.3, -0.25) is 4.79 Å². The molecule has 5 nitrogen and oxygen atoms in total. The Morgan fingerprint density at radius 2 is 2.21 bits per heavy atom. The van der Waals surface area contributed by atoms with Gasteiger partial charge in [-0.2, -0.15) is 8.78 Å². The van der Waals surface area contributed by atoms with E-state index in [-0.39, 0.29) is 17.3 Å². The van der Waals surface area contributed by atoms with Crippen molar-refractivity contribution in [3.8, 4) is 11.8 Å². The predicted octanol–water partition coefficient (Wildman–Crippen LogP) is 3.58. The Balaban J connectivity index is 1.98. The third kappa shape index (κ3) is 6.12. The molecular formula is C21H25F2NO4S. The van der Waals surface area contributed by atoms with Crippen molar-refractivity contribution in [2.75, 3.05) is 6.54 Å². The van der Waals surface area contributed by atoms with E-state index in [2.05, 4.69) is 11.8 Å². The summed E-state index contributed by atoms with van der Waals surface area (Å²) in [6.07, 6.45) is 2.93. The van der Waals surface area contributed by atoms with Gasteiger partial charge in [-0.15, -0.1) is 23.2 Å². The molecule has 0 bridgehead atoms. The van der Waals surface area contributed by atoms with Crippen LogP contribution in [-0.2, 0) is 11.2 Å². The zero-order chi connectivity index (χ0) is 21.6. The fourth-order valence-corrected chi connectivity index (χ4v) is 4.01. The lowest BCUT2D eigenvalue weighted by molar-refractivity contribution is -0.148. The lowest BCUT2D eigenvalue weighted by Gasteiger charge is -2.22.